The van der Waals surface area contributed by atoms with Crippen LogP contribution >= 0.6 is 39.5 Å². The number of halogens is 1. The van der Waals surface area contributed by atoms with Gasteiger partial charge in [0.05, 0.1) is 0 Å². The summed E-state index contributed by atoms with van der Waals surface area (Å²) in [6.07, 6.45) is 0. The van der Waals surface area contributed by atoms with E-state index in [1.165, 1.54) is 52.6 Å². The van der Waals surface area contributed by atoms with Crippen LogP contribution in [0.4, 0.5) is 0 Å². The van der Waals surface area contributed by atoms with Gasteiger partial charge in [-0.3, -0.25) is 0 Å². The second-order valence-electron chi connectivity index (χ2n) is 7.60. The molecule has 1 aliphatic heterocycles. The monoisotopic (exact) mass is 496 g/mol. The Morgan fingerprint density at radius 3 is 1.84 bits per heavy atom. The van der Waals surface area contributed by atoms with Crippen LogP contribution in [0.1, 0.15) is 0 Å². The molecule has 148 valence electrons. The fraction of sp³-hybridized carbons (Fsp3) is 0. The highest BCUT2D eigenvalue weighted by atomic mass is 79.9. The van der Waals surface area contributed by atoms with Crippen molar-refractivity contribution in [1.29, 1.82) is 0 Å². The van der Waals surface area contributed by atoms with Crippen LogP contribution in [-0.2, 0) is 0 Å². The summed E-state index contributed by atoms with van der Waals surface area (Å²) in [5.74, 6) is 0. The van der Waals surface area contributed by atoms with E-state index in [2.05, 4.69) is 119 Å². The lowest BCUT2D eigenvalue weighted by Gasteiger charge is -2.19. The summed E-state index contributed by atoms with van der Waals surface area (Å²) in [6, 6.07) is 37.5. The molecule has 0 nitrogen and oxygen atoms in total. The number of fused-ring (bicyclic) bond motifs is 3. The van der Waals surface area contributed by atoms with Crippen molar-refractivity contribution in [2.75, 3.05) is 0 Å². The molecule has 1 heterocycles. The van der Waals surface area contributed by atoms with Crippen LogP contribution in [0.15, 0.2) is 127 Å². The molecular formula is C28H17BrS2. The van der Waals surface area contributed by atoms with E-state index >= 15 is 0 Å². The van der Waals surface area contributed by atoms with Crippen molar-refractivity contribution in [3.8, 4) is 22.3 Å². The minimum absolute atomic E-state index is 1.13. The fourth-order valence-corrected chi connectivity index (χ4v) is 6.77. The first-order valence-electron chi connectivity index (χ1n) is 10.1. The van der Waals surface area contributed by atoms with Crippen molar-refractivity contribution in [3.63, 3.8) is 0 Å². The standard InChI is InChI=1S/C28H17BrS2/c29-24-11-13-26-28(17-24)31-25-12-10-23(16-27(25)30-26)21-7-3-6-20(15-21)22-9-8-18-4-1-2-5-19(18)14-22/h1-17H. The Morgan fingerprint density at radius 2 is 1.03 bits per heavy atom. The molecular weight excluding hydrogens is 480 g/mol. The average Bonchev–Trinajstić information content (AvgIpc) is 2.82. The van der Waals surface area contributed by atoms with Crippen LogP contribution < -0.4 is 0 Å². The number of rotatable bonds is 2. The molecule has 0 bridgehead atoms. The molecule has 0 fully saturated rings. The maximum absolute atomic E-state index is 3.59. The average molecular weight is 497 g/mol. The van der Waals surface area contributed by atoms with Gasteiger partial charge in [0.15, 0.2) is 0 Å². The van der Waals surface area contributed by atoms with E-state index in [1.54, 1.807) is 0 Å². The Labute approximate surface area is 198 Å². The van der Waals surface area contributed by atoms with Gasteiger partial charge < -0.3 is 0 Å². The Bertz CT molecular complexity index is 1460. The number of hydrogen-bond acceptors (Lipinski definition) is 2. The zero-order valence-corrected chi connectivity index (χ0v) is 19.7. The fourth-order valence-electron chi connectivity index (χ4n) is 3.98. The normalized spacial score (nSPS) is 12.4. The van der Waals surface area contributed by atoms with Gasteiger partial charge in [-0.15, -0.1) is 0 Å². The zero-order chi connectivity index (χ0) is 20.8. The quantitative estimate of drug-likeness (QED) is 0.234. The smallest absolute Gasteiger partial charge is 0.0273 e. The van der Waals surface area contributed by atoms with Crippen LogP contribution in [0.3, 0.4) is 0 Å². The summed E-state index contributed by atoms with van der Waals surface area (Å²) in [7, 11) is 0. The minimum atomic E-state index is 1.13. The summed E-state index contributed by atoms with van der Waals surface area (Å²) in [4.78, 5) is 5.29. The molecule has 0 radical (unpaired) electrons. The van der Waals surface area contributed by atoms with E-state index in [4.69, 9.17) is 0 Å². The summed E-state index contributed by atoms with van der Waals surface area (Å²) in [5.41, 5.74) is 5.01. The lowest BCUT2D eigenvalue weighted by Crippen LogP contribution is -1.90. The molecule has 3 heteroatoms. The summed E-state index contributed by atoms with van der Waals surface area (Å²) in [5, 5.41) is 2.55. The van der Waals surface area contributed by atoms with Crippen molar-refractivity contribution >= 4 is 50.2 Å². The molecule has 0 saturated heterocycles. The van der Waals surface area contributed by atoms with Gasteiger partial charge >= 0.3 is 0 Å². The van der Waals surface area contributed by atoms with Crippen molar-refractivity contribution in [2.45, 2.75) is 19.6 Å². The second kappa shape index (κ2) is 7.90. The predicted molar refractivity (Wildman–Crippen MR) is 137 cm³/mol. The summed E-state index contributed by atoms with van der Waals surface area (Å²) < 4.78 is 1.13. The third-order valence-electron chi connectivity index (χ3n) is 5.57. The van der Waals surface area contributed by atoms with Gasteiger partial charge in [-0.1, -0.05) is 100 Å². The van der Waals surface area contributed by atoms with Crippen LogP contribution in [0.5, 0.6) is 0 Å². The molecule has 0 aliphatic carbocycles. The van der Waals surface area contributed by atoms with E-state index in [-0.39, 0.29) is 0 Å². The Morgan fingerprint density at radius 1 is 0.419 bits per heavy atom. The first kappa shape index (κ1) is 19.2. The summed E-state index contributed by atoms with van der Waals surface area (Å²) in [6.45, 7) is 0. The van der Waals surface area contributed by atoms with Gasteiger partial charge in [-0.25, -0.2) is 0 Å². The highest BCUT2D eigenvalue weighted by Gasteiger charge is 2.18. The molecule has 0 spiro atoms. The van der Waals surface area contributed by atoms with Crippen molar-refractivity contribution in [1.82, 2.24) is 0 Å². The third-order valence-corrected chi connectivity index (χ3v) is 8.59. The van der Waals surface area contributed by atoms with Gasteiger partial charge in [0, 0.05) is 24.1 Å². The van der Waals surface area contributed by atoms with E-state index in [0.717, 1.165) is 4.47 Å². The highest BCUT2D eigenvalue weighted by molar-refractivity contribution is 9.10. The number of benzene rings is 5. The van der Waals surface area contributed by atoms with Crippen LogP contribution in [0, 0.1) is 0 Å². The molecule has 5 aromatic rings. The molecule has 5 aromatic carbocycles. The maximum atomic E-state index is 3.59. The van der Waals surface area contributed by atoms with E-state index in [9.17, 15) is 0 Å². The molecule has 0 N–H and O–H groups in total. The predicted octanol–water partition coefficient (Wildman–Crippen LogP) is 9.55. The summed E-state index contributed by atoms with van der Waals surface area (Å²) >= 11 is 7.30. The Balaban J connectivity index is 1.37. The minimum Gasteiger partial charge on any atom is -0.0877 e. The molecule has 1 aliphatic rings. The Kier molecular flexibility index (Phi) is 4.91. The third kappa shape index (κ3) is 3.71. The maximum Gasteiger partial charge on any atom is 0.0273 e. The van der Waals surface area contributed by atoms with Crippen molar-refractivity contribution in [3.05, 3.63) is 108 Å². The first-order chi connectivity index (χ1) is 15.2. The van der Waals surface area contributed by atoms with Gasteiger partial charge in [-0.05, 0) is 75.5 Å². The molecule has 0 aromatic heterocycles. The topological polar surface area (TPSA) is 0 Å². The van der Waals surface area contributed by atoms with Crippen molar-refractivity contribution in [2.24, 2.45) is 0 Å². The van der Waals surface area contributed by atoms with Crippen LogP contribution in [0.2, 0.25) is 0 Å². The van der Waals surface area contributed by atoms with Crippen molar-refractivity contribution < 1.29 is 0 Å². The van der Waals surface area contributed by atoms with E-state index in [1.807, 2.05) is 23.5 Å². The van der Waals surface area contributed by atoms with Gasteiger partial charge in [0.2, 0.25) is 0 Å². The Hall–Kier alpha value is -2.46. The van der Waals surface area contributed by atoms with Gasteiger partial charge in [0.1, 0.15) is 0 Å². The first-order valence-corrected chi connectivity index (χ1v) is 12.5. The van der Waals surface area contributed by atoms with Gasteiger partial charge in [0.25, 0.3) is 0 Å². The van der Waals surface area contributed by atoms with E-state index in [0.29, 0.717) is 0 Å². The zero-order valence-electron chi connectivity index (χ0n) is 16.5. The molecule has 31 heavy (non-hydrogen) atoms. The molecule has 0 saturated carbocycles. The van der Waals surface area contributed by atoms with Gasteiger partial charge in [-0.2, -0.15) is 0 Å². The molecule has 6 rings (SSSR count). The number of hydrogen-bond donors (Lipinski definition) is 0. The van der Waals surface area contributed by atoms with Crippen LogP contribution in [-0.4, -0.2) is 0 Å². The molecule has 0 atom stereocenters. The molecule has 0 amide bonds. The molecule has 0 unspecified atom stereocenters. The van der Waals surface area contributed by atoms with Crippen LogP contribution in [0.25, 0.3) is 33.0 Å². The SMILES string of the molecule is Brc1ccc2c(c1)Sc1ccc(-c3cccc(-c4ccc5ccccc5c4)c3)cc1S2. The lowest BCUT2D eigenvalue weighted by atomic mass is 9.97. The van der Waals surface area contributed by atoms with E-state index < -0.39 is 0 Å². The largest absolute Gasteiger partial charge is 0.0877 e. The second-order valence-corrected chi connectivity index (χ2v) is 10.7. The lowest BCUT2D eigenvalue weighted by molar-refractivity contribution is 1.15. The highest BCUT2D eigenvalue weighted by Crippen LogP contribution is 2.50.